The number of thiazole rings is 1. The van der Waals surface area contributed by atoms with Crippen molar-refractivity contribution < 1.29 is 32.2 Å². The zero-order valence-corrected chi connectivity index (χ0v) is 27.4. The lowest BCUT2D eigenvalue weighted by Gasteiger charge is -2.26. The van der Waals surface area contributed by atoms with Gasteiger partial charge in [0.15, 0.2) is 22.0 Å². The highest BCUT2D eigenvalue weighted by atomic mass is 79.9. The first-order valence-corrected chi connectivity index (χ1v) is 15.6. The highest BCUT2D eigenvalue weighted by molar-refractivity contribution is 9.10. The second-order valence-corrected chi connectivity index (χ2v) is 12.2. The van der Waals surface area contributed by atoms with Gasteiger partial charge in [-0.1, -0.05) is 64.9 Å². The van der Waals surface area contributed by atoms with Crippen LogP contribution >= 0.6 is 50.5 Å². The molecule has 0 radical (unpaired) electrons. The molecule has 4 aromatic rings. The molecular formula is C31H22BrCl2F3N2O5S. The van der Waals surface area contributed by atoms with Crippen molar-refractivity contribution in [2.75, 3.05) is 13.7 Å². The summed E-state index contributed by atoms with van der Waals surface area (Å²) in [5.41, 5.74) is -1.42. The van der Waals surface area contributed by atoms with Gasteiger partial charge in [-0.25, -0.2) is 9.79 Å². The molecule has 45 heavy (non-hydrogen) atoms. The molecule has 3 aromatic carbocycles. The zero-order valence-electron chi connectivity index (χ0n) is 23.5. The number of allylic oxidation sites excluding steroid dienone is 1. The van der Waals surface area contributed by atoms with Crippen molar-refractivity contribution in [3.8, 4) is 11.5 Å². The fourth-order valence-electron chi connectivity index (χ4n) is 4.68. The van der Waals surface area contributed by atoms with Gasteiger partial charge in [0, 0.05) is 15.6 Å². The van der Waals surface area contributed by atoms with E-state index in [9.17, 15) is 22.8 Å². The number of aromatic nitrogens is 1. The van der Waals surface area contributed by atoms with Gasteiger partial charge >= 0.3 is 12.1 Å². The molecule has 0 saturated heterocycles. The fraction of sp³-hybridized carbons (Fsp3) is 0.194. The predicted molar refractivity (Wildman–Crippen MR) is 169 cm³/mol. The first-order chi connectivity index (χ1) is 21.4. The maximum atomic E-state index is 14.3. The molecule has 0 spiro atoms. The van der Waals surface area contributed by atoms with Gasteiger partial charge in [-0.05, 0) is 70.4 Å². The maximum absolute atomic E-state index is 14.3. The topological polar surface area (TPSA) is 79.1 Å². The molecule has 5 rings (SSSR count). The van der Waals surface area contributed by atoms with Crippen molar-refractivity contribution in [3.63, 3.8) is 0 Å². The van der Waals surface area contributed by atoms with E-state index >= 15 is 0 Å². The predicted octanol–water partition coefficient (Wildman–Crippen LogP) is 7.00. The number of halogens is 6. The first kappa shape index (κ1) is 32.8. The average Bonchev–Trinajstić information content (AvgIpc) is 3.30. The van der Waals surface area contributed by atoms with E-state index in [1.807, 2.05) is 12.1 Å². The van der Waals surface area contributed by atoms with Crippen molar-refractivity contribution in [1.82, 2.24) is 4.57 Å². The van der Waals surface area contributed by atoms with E-state index in [2.05, 4.69) is 20.9 Å². The van der Waals surface area contributed by atoms with Gasteiger partial charge < -0.3 is 14.2 Å². The number of esters is 1. The van der Waals surface area contributed by atoms with Crippen LogP contribution in [-0.4, -0.2) is 30.4 Å². The summed E-state index contributed by atoms with van der Waals surface area (Å²) in [4.78, 5) is 30.4. The molecule has 14 heteroatoms. The summed E-state index contributed by atoms with van der Waals surface area (Å²) in [6, 6.07) is 14.8. The first-order valence-electron chi connectivity index (χ1n) is 13.2. The Bertz CT molecular complexity index is 1990. The van der Waals surface area contributed by atoms with Gasteiger partial charge in [-0.2, -0.15) is 13.2 Å². The number of rotatable bonds is 8. The lowest BCUT2D eigenvalue weighted by molar-refractivity contribution is -0.140. The Morgan fingerprint density at radius 3 is 2.49 bits per heavy atom. The molecule has 234 valence electrons. The summed E-state index contributed by atoms with van der Waals surface area (Å²) >= 11 is 16.5. The summed E-state index contributed by atoms with van der Waals surface area (Å²) < 4.78 is 61.2. The lowest BCUT2D eigenvalue weighted by atomic mass is 9.95. The Hall–Kier alpha value is -3.58. The number of hydrogen-bond acceptors (Lipinski definition) is 7. The highest BCUT2D eigenvalue weighted by Gasteiger charge is 2.45. The molecule has 0 unspecified atom stereocenters. The summed E-state index contributed by atoms with van der Waals surface area (Å²) in [6.45, 7) is 1.44. The summed E-state index contributed by atoms with van der Waals surface area (Å²) in [5, 5.41) is 0.860. The molecule has 1 aliphatic rings. The third kappa shape index (κ3) is 6.84. The molecule has 7 nitrogen and oxygen atoms in total. The molecule has 0 aliphatic carbocycles. The molecule has 0 bridgehead atoms. The molecule has 1 aromatic heterocycles. The fourth-order valence-corrected chi connectivity index (χ4v) is 6.57. The van der Waals surface area contributed by atoms with Crippen molar-refractivity contribution >= 4 is 62.5 Å². The van der Waals surface area contributed by atoms with E-state index in [0.717, 1.165) is 21.5 Å². The molecule has 0 amide bonds. The van der Waals surface area contributed by atoms with Crippen LogP contribution in [0.15, 0.2) is 86.2 Å². The van der Waals surface area contributed by atoms with Crippen LogP contribution in [-0.2, 0) is 16.1 Å². The highest BCUT2D eigenvalue weighted by Crippen LogP contribution is 2.39. The van der Waals surface area contributed by atoms with Crippen LogP contribution in [0.25, 0.3) is 6.08 Å². The van der Waals surface area contributed by atoms with E-state index in [4.69, 9.17) is 37.4 Å². The standard InChI is InChI=1S/C31H22BrCl2F3N2O5S/c1-3-43-29(41)24-25(17-8-10-19(33)11-9-17)39-28(40)23(45-30(39)38-27(24)31(35,36)37)14-16-12-20(32)26(22(13-16)42-2)44-15-18-6-4-5-7-21(18)34/h4-14,25H,3,15H2,1-2H3/b23-14-/t25-/m1/s1. The number of benzene rings is 3. The Morgan fingerprint density at radius 1 is 1.13 bits per heavy atom. The average molecular weight is 742 g/mol. The van der Waals surface area contributed by atoms with Gasteiger partial charge in [0.05, 0.1) is 34.3 Å². The Kier molecular flexibility index (Phi) is 9.78. The Labute approximate surface area is 276 Å². The molecule has 1 atom stereocenters. The molecule has 1 aliphatic heterocycles. The second-order valence-electron chi connectivity index (χ2n) is 9.53. The van der Waals surface area contributed by atoms with Gasteiger partial charge in [-0.15, -0.1) is 0 Å². The minimum Gasteiger partial charge on any atom is -0.493 e. The smallest absolute Gasteiger partial charge is 0.434 e. The normalized spacial score (nSPS) is 15.0. The van der Waals surface area contributed by atoms with Crippen molar-refractivity contribution in [2.45, 2.75) is 25.7 Å². The third-order valence-corrected chi connectivity index (χ3v) is 8.85. The van der Waals surface area contributed by atoms with Crippen LogP contribution in [0.3, 0.4) is 0 Å². The van der Waals surface area contributed by atoms with Gasteiger partial charge in [0.25, 0.3) is 5.56 Å². The molecule has 0 saturated carbocycles. The Morgan fingerprint density at radius 2 is 1.84 bits per heavy atom. The van der Waals surface area contributed by atoms with E-state index in [1.54, 1.807) is 24.3 Å². The van der Waals surface area contributed by atoms with Crippen molar-refractivity contribution in [2.24, 2.45) is 4.99 Å². The van der Waals surface area contributed by atoms with E-state index in [1.165, 1.54) is 44.4 Å². The van der Waals surface area contributed by atoms with Crippen LogP contribution in [0.5, 0.6) is 11.5 Å². The maximum Gasteiger partial charge on any atom is 0.434 e. The van der Waals surface area contributed by atoms with Crippen LogP contribution in [0, 0.1) is 0 Å². The van der Waals surface area contributed by atoms with Gasteiger partial charge in [-0.3, -0.25) is 9.36 Å². The largest absolute Gasteiger partial charge is 0.493 e. The monoisotopic (exact) mass is 740 g/mol. The van der Waals surface area contributed by atoms with E-state index < -0.39 is 35.0 Å². The second kappa shape index (κ2) is 13.4. The Balaban J connectivity index is 1.64. The van der Waals surface area contributed by atoms with E-state index in [-0.39, 0.29) is 28.1 Å². The van der Waals surface area contributed by atoms with Crippen molar-refractivity contribution in [1.29, 1.82) is 0 Å². The molecule has 2 heterocycles. The van der Waals surface area contributed by atoms with Crippen molar-refractivity contribution in [3.05, 3.63) is 123 Å². The number of carbonyl (C=O) groups is 1. The number of carbonyl (C=O) groups excluding carboxylic acids is 1. The quantitative estimate of drug-likeness (QED) is 0.182. The number of nitrogens with zero attached hydrogens (tertiary/aromatic N) is 2. The summed E-state index contributed by atoms with van der Waals surface area (Å²) in [6.07, 6.45) is -3.52. The lowest BCUT2D eigenvalue weighted by Crippen LogP contribution is -2.41. The summed E-state index contributed by atoms with van der Waals surface area (Å²) in [7, 11) is 1.45. The summed E-state index contributed by atoms with van der Waals surface area (Å²) in [5.74, 6) is -0.519. The van der Waals surface area contributed by atoms with Crippen LogP contribution in [0.2, 0.25) is 10.0 Å². The van der Waals surface area contributed by atoms with Crippen LogP contribution in [0.4, 0.5) is 13.2 Å². The number of hydrogen-bond donors (Lipinski definition) is 0. The number of ether oxygens (including phenoxy) is 3. The third-order valence-electron chi connectivity index (χ3n) is 6.66. The van der Waals surface area contributed by atoms with Crippen LogP contribution in [0.1, 0.15) is 29.7 Å². The van der Waals surface area contributed by atoms with Gasteiger partial charge in [0.1, 0.15) is 6.61 Å². The molecular weight excluding hydrogens is 720 g/mol. The number of fused-ring (bicyclic) bond motifs is 1. The molecule has 0 fully saturated rings. The minimum atomic E-state index is -5.01. The SMILES string of the molecule is CCOC(=O)C1=C(C(F)(F)F)N=c2s/c(=C\c3cc(Br)c(OCc4ccccc4Cl)c(OC)c3)c(=O)n2[C@@H]1c1ccc(Cl)cc1. The van der Waals surface area contributed by atoms with Crippen LogP contribution < -0.4 is 24.4 Å². The zero-order chi connectivity index (χ0) is 32.5. The minimum absolute atomic E-state index is 0.0676. The molecule has 0 N–H and O–H groups in total. The van der Waals surface area contributed by atoms with E-state index in [0.29, 0.717) is 31.6 Å². The van der Waals surface area contributed by atoms with Gasteiger partial charge in [0.2, 0.25) is 0 Å². The number of methoxy groups -OCH3 is 1. The number of alkyl halides is 3.